The van der Waals surface area contributed by atoms with Gasteiger partial charge in [0.05, 0.1) is 25.6 Å². The zero-order valence-corrected chi connectivity index (χ0v) is 11.9. The Balaban J connectivity index is 2.51. The maximum absolute atomic E-state index is 11.9. The number of methoxy groups -OCH3 is 2. The van der Waals surface area contributed by atoms with E-state index in [2.05, 4.69) is 10.2 Å². The number of nitrogens with zero attached hydrogens (tertiary/aromatic N) is 2. The van der Waals surface area contributed by atoms with Crippen LogP contribution in [-0.4, -0.2) is 30.4 Å². The summed E-state index contributed by atoms with van der Waals surface area (Å²) >= 11 is 0. The van der Waals surface area contributed by atoms with Crippen molar-refractivity contribution in [3.05, 3.63) is 35.5 Å². The largest absolute Gasteiger partial charge is 0.493 e. The van der Waals surface area contributed by atoms with Crippen LogP contribution in [0.4, 0.5) is 5.69 Å². The highest BCUT2D eigenvalue weighted by atomic mass is 16.5. The number of carbonyl (C=O) groups is 1. The van der Waals surface area contributed by atoms with E-state index >= 15 is 0 Å². The summed E-state index contributed by atoms with van der Waals surface area (Å²) in [6.07, 6.45) is 0. The van der Waals surface area contributed by atoms with Crippen LogP contribution in [0.1, 0.15) is 16.1 Å². The summed E-state index contributed by atoms with van der Waals surface area (Å²) in [5.74, 6) is 0.0746. The Bertz CT molecular complexity index is 656. The smallest absolute Gasteiger partial charge is 0.343 e. The Morgan fingerprint density at radius 1 is 1.14 bits per heavy atom. The fraction of sp³-hybridized carbons (Fsp3) is 0.214. The van der Waals surface area contributed by atoms with Crippen LogP contribution in [0.2, 0.25) is 0 Å². The molecule has 0 aliphatic heterocycles. The SMILES string of the molecule is COC(=O)c1c(N)ccc(OC)c1Oc1ccc(C)nn1. The van der Waals surface area contributed by atoms with Crippen LogP contribution in [0.3, 0.4) is 0 Å². The molecule has 0 aliphatic rings. The average Bonchev–Trinajstić information content (AvgIpc) is 2.49. The molecule has 0 saturated heterocycles. The molecular weight excluding hydrogens is 274 g/mol. The maximum Gasteiger partial charge on any atom is 0.343 e. The van der Waals surface area contributed by atoms with Gasteiger partial charge in [-0.05, 0) is 25.1 Å². The molecular formula is C14H15N3O4. The number of esters is 1. The number of anilines is 1. The second-order valence-corrected chi connectivity index (χ2v) is 4.17. The van der Waals surface area contributed by atoms with Gasteiger partial charge < -0.3 is 19.9 Å². The third kappa shape index (κ3) is 3.02. The number of hydrogen-bond donors (Lipinski definition) is 1. The molecule has 0 saturated carbocycles. The topological polar surface area (TPSA) is 96.6 Å². The van der Waals surface area contributed by atoms with E-state index in [-0.39, 0.29) is 22.9 Å². The van der Waals surface area contributed by atoms with E-state index in [4.69, 9.17) is 19.9 Å². The molecule has 0 aliphatic carbocycles. The molecule has 0 amide bonds. The minimum atomic E-state index is -0.624. The molecule has 0 unspecified atom stereocenters. The minimum absolute atomic E-state index is 0.0826. The Labute approximate surface area is 121 Å². The van der Waals surface area contributed by atoms with Gasteiger partial charge in [-0.1, -0.05) is 0 Å². The molecule has 7 heteroatoms. The first kappa shape index (κ1) is 14.6. The summed E-state index contributed by atoms with van der Waals surface area (Å²) in [4.78, 5) is 11.9. The van der Waals surface area contributed by atoms with Gasteiger partial charge in [0, 0.05) is 6.07 Å². The fourth-order valence-electron chi connectivity index (χ4n) is 1.70. The first-order chi connectivity index (χ1) is 10.1. The zero-order chi connectivity index (χ0) is 15.4. The van der Waals surface area contributed by atoms with Gasteiger partial charge in [0.25, 0.3) is 0 Å². The molecule has 0 bridgehead atoms. The lowest BCUT2D eigenvalue weighted by Gasteiger charge is -2.14. The molecule has 1 aromatic heterocycles. The van der Waals surface area contributed by atoms with Gasteiger partial charge in [-0.2, -0.15) is 5.10 Å². The molecule has 2 aromatic rings. The molecule has 2 N–H and O–H groups in total. The summed E-state index contributed by atoms with van der Waals surface area (Å²) in [5, 5.41) is 7.77. The summed E-state index contributed by atoms with van der Waals surface area (Å²) < 4.78 is 15.5. The molecule has 7 nitrogen and oxygen atoms in total. The van der Waals surface area contributed by atoms with Crippen LogP contribution in [0.5, 0.6) is 17.4 Å². The Morgan fingerprint density at radius 3 is 2.48 bits per heavy atom. The molecule has 0 radical (unpaired) electrons. The molecule has 1 heterocycles. The predicted molar refractivity (Wildman–Crippen MR) is 75.6 cm³/mol. The van der Waals surface area contributed by atoms with Gasteiger partial charge in [-0.3, -0.25) is 0 Å². The summed E-state index contributed by atoms with van der Waals surface area (Å²) in [6.45, 7) is 1.80. The van der Waals surface area contributed by atoms with Crippen LogP contribution in [0.25, 0.3) is 0 Å². The number of nitrogens with two attached hydrogens (primary N) is 1. The van der Waals surface area contributed by atoms with Crippen molar-refractivity contribution in [3.8, 4) is 17.4 Å². The van der Waals surface area contributed by atoms with Crippen molar-refractivity contribution in [2.24, 2.45) is 0 Å². The first-order valence-corrected chi connectivity index (χ1v) is 6.09. The molecule has 21 heavy (non-hydrogen) atoms. The van der Waals surface area contributed by atoms with Crippen LogP contribution < -0.4 is 15.2 Å². The highest BCUT2D eigenvalue weighted by molar-refractivity contribution is 5.99. The van der Waals surface area contributed by atoms with Gasteiger partial charge in [0.2, 0.25) is 5.88 Å². The summed E-state index contributed by atoms with van der Waals surface area (Å²) in [5.41, 5.74) is 6.87. The second-order valence-electron chi connectivity index (χ2n) is 4.17. The molecule has 0 spiro atoms. The fourth-order valence-corrected chi connectivity index (χ4v) is 1.70. The van der Waals surface area contributed by atoms with Gasteiger partial charge in [0.1, 0.15) is 5.56 Å². The number of nitrogen functional groups attached to an aromatic ring is 1. The number of hydrogen-bond acceptors (Lipinski definition) is 7. The summed E-state index contributed by atoms with van der Waals surface area (Å²) in [7, 11) is 2.72. The Hall–Kier alpha value is -2.83. The van der Waals surface area contributed by atoms with Crippen molar-refractivity contribution in [2.45, 2.75) is 6.92 Å². The van der Waals surface area contributed by atoms with Gasteiger partial charge in [0.15, 0.2) is 11.5 Å². The number of rotatable bonds is 4. The number of aryl methyl sites for hydroxylation is 1. The molecule has 110 valence electrons. The van der Waals surface area contributed by atoms with E-state index < -0.39 is 5.97 Å². The van der Waals surface area contributed by atoms with Crippen molar-refractivity contribution in [2.75, 3.05) is 20.0 Å². The Morgan fingerprint density at radius 2 is 1.90 bits per heavy atom. The number of aromatic nitrogens is 2. The monoisotopic (exact) mass is 289 g/mol. The highest BCUT2D eigenvalue weighted by Crippen LogP contribution is 2.38. The van der Waals surface area contributed by atoms with Gasteiger partial charge >= 0.3 is 5.97 Å². The number of benzene rings is 1. The van der Waals surface area contributed by atoms with E-state index in [1.54, 1.807) is 31.2 Å². The third-order valence-corrected chi connectivity index (χ3v) is 2.74. The van der Waals surface area contributed by atoms with Crippen LogP contribution >= 0.6 is 0 Å². The molecule has 0 atom stereocenters. The van der Waals surface area contributed by atoms with Crippen molar-refractivity contribution >= 4 is 11.7 Å². The quantitative estimate of drug-likeness (QED) is 0.678. The molecule has 2 rings (SSSR count). The third-order valence-electron chi connectivity index (χ3n) is 2.74. The average molecular weight is 289 g/mol. The lowest BCUT2D eigenvalue weighted by atomic mass is 10.1. The minimum Gasteiger partial charge on any atom is -0.493 e. The van der Waals surface area contributed by atoms with E-state index in [9.17, 15) is 4.79 Å². The summed E-state index contributed by atoms with van der Waals surface area (Å²) in [6, 6.07) is 6.50. The van der Waals surface area contributed by atoms with E-state index in [1.165, 1.54) is 14.2 Å². The Kier molecular flexibility index (Phi) is 4.22. The van der Waals surface area contributed by atoms with E-state index in [0.29, 0.717) is 5.75 Å². The molecule has 0 fully saturated rings. The molecule has 1 aromatic carbocycles. The second kappa shape index (κ2) is 6.08. The normalized spacial score (nSPS) is 10.0. The van der Waals surface area contributed by atoms with Crippen molar-refractivity contribution < 1.29 is 19.0 Å². The highest BCUT2D eigenvalue weighted by Gasteiger charge is 2.22. The van der Waals surface area contributed by atoms with Crippen LogP contribution in [-0.2, 0) is 4.74 Å². The maximum atomic E-state index is 11.9. The van der Waals surface area contributed by atoms with Crippen molar-refractivity contribution in [3.63, 3.8) is 0 Å². The van der Waals surface area contributed by atoms with E-state index in [1.807, 2.05) is 0 Å². The van der Waals surface area contributed by atoms with Crippen molar-refractivity contribution in [1.82, 2.24) is 10.2 Å². The lowest BCUT2D eigenvalue weighted by molar-refractivity contribution is 0.0598. The van der Waals surface area contributed by atoms with E-state index in [0.717, 1.165) is 5.69 Å². The van der Waals surface area contributed by atoms with Crippen LogP contribution in [0, 0.1) is 6.92 Å². The zero-order valence-electron chi connectivity index (χ0n) is 11.9. The predicted octanol–water partition coefficient (Wildman–Crippen LogP) is 1.95. The lowest BCUT2D eigenvalue weighted by Crippen LogP contribution is -2.09. The standard InChI is InChI=1S/C14H15N3O4/c1-8-4-7-11(17-16-8)21-13-10(19-2)6-5-9(15)12(13)14(18)20-3/h4-7H,15H2,1-3H3. The van der Waals surface area contributed by atoms with Gasteiger partial charge in [-0.15, -0.1) is 5.10 Å². The number of ether oxygens (including phenoxy) is 3. The first-order valence-electron chi connectivity index (χ1n) is 6.09. The van der Waals surface area contributed by atoms with Crippen molar-refractivity contribution in [1.29, 1.82) is 0 Å². The van der Waals surface area contributed by atoms with Gasteiger partial charge in [-0.25, -0.2) is 4.79 Å². The van der Waals surface area contributed by atoms with Crippen LogP contribution in [0.15, 0.2) is 24.3 Å². The number of carbonyl (C=O) groups excluding carboxylic acids is 1.